The number of para-hydroxylation sites is 1. The first-order valence-corrected chi connectivity index (χ1v) is 34.1. The lowest BCUT2D eigenvalue weighted by atomic mass is 9.78. The number of hydrogen-bond donors (Lipinski definition) is 4. The third-order valence-electron chi connectivity index (χ3n) is 18.6. The van der Waals surface area contributed by atoms with Gasteiger partial charge in [-0.05, 0) is 93.4 Å². The van der Waals surface area contributed by atoms with Crippen LogP contribution in [0.1, 0.15) is 128 Å². The number of fused-ring (bicyclic) bond motifs is 9. The molecule has 0 atom stereocenters. The lowest BCUT2D eigenvalue weighted by molar-refractivity contribution is -0.235. The molecule has 5 aromatic carbocycles. The maximum atomic E-state index is 17.9. The van der Waals surface area contributed by atoms with Gasteiger partial charge in [0.2, 0.25) is 5.36 Å². The van der Waals surface area contributed by atoms with Crippen molar-refractivity contribution in [2.45, 2.75) is 116 Å². The highest BCUT2D eigenvalue weighted by atomic mass is 31.2. The van der Waals surface area contributed by atoms with Gasteiger partial charge in [0.15, 0.2) is 28.8 Å². The molecule has 0 radical (unpaired) electrons. The number of phosphoric ester groups is 2. The fraction of sp³-hybridized carbons (Fsp3) is 0.379. The maximum absolute atomic E-state index is 17.9. The number of hydrogen-bond acceptors (Lipinski definition) is 16. The second kappa shape index (κ2) is 24.3. The number of benzene rings is 5. The number of halogens is 4. The number of imide groups is 1. The van der Waals surface area contributed by atoms with Crippen molar-refractivity contribution < 1.29 is 84.4 Å². The van der Waals surface area contributed by atoms with Crippen molar-refractivity contribution >= 4 is 67.8 Å². The monoisotopic (exact) mass is 1330 g/mol. The van der Waals surface area contributed by atoms with Crippen LogP contribution in [-0.4, -0.2) is 126 Å². The number of aromatic nitrogens is 3. The molecule has 1 saturated heterocycles. The van der Waals surface area contributed by atoms with Crippen molar-refractivity contribution in [2.75, 3.05) is 56.2 Å². The van der Waals surface area contributed by atoms with E-state index in [1.807, 2.05) is 76.2 Å². The molecule has 0 saturated carbocycles. The lowest BCUT2D eigenvalue weighted by Gasteiger charge is -2.47. The zero-order valence-corrected chi connectivity index (χ0v) is 53.8. The molecule has 0 spiro atoms. The second-order valence-electron chi connectivity index (χ2n) is 25.6. The molecular formula is C66H67F4N8O14P2+. The molecule has 7 aliphatic rings. The van der Waals surface area contributed by atoms with E-state index in [2.05, 4.69) is 19.6 Å². The fourth-order valence-corrected chi connectivity index (χ4v) is 15.1. The number of carbonyl (C=O) groups excluding carboxylic acids is 4. The van der Waals surface area contributed by atoms with Crippen LogP contribution in [0.3, 0.4) is 0 Å². The van der Waals surface area contributed by atoms with Crippen molar-refractivity contribution in [3.63, 3.8) is 0 Å². The lowest BCUT2D eigenvalue weighted by Crippen LogP contribution is -2.53. The fourth-order valence-electron chi connectivity index (χ4n) is 14.5. The van der Waals surface area contributed by atoms with Crippen LogP contribution in [0, 0.1) is 23.3 Å². The summed E-state index contributed by atoms with van der Waals surface area (Å²) in [5.41, 5.74) is 3.42. The summed E-state index contributed by atoms with van der Waals surface area (Å²) in [6, 6.07) is 18.4. The van der Waals surface area contributed by atoms with E-state index < -0.39 is 98.4 Å². The summed E-state index contributed by atoms with van der Waals surface area (Å²) >= 11 is 0. The molecule has 0 unspecified atom stereocenters. The minimum absolute atomic E-state index is 0.0133. The van der Waals surface area contributed by atoms with Crippen molar-refractivity contribution in [3.05, 3.63) is 151 Å². The van der Waals surface area contributed by atoms with E-state index in [0.717, 1.165) is 27.3 Å². The Bertz CT molecular complexity index is 4490. The minimum atomic E-state index is -5.10. The summed E-state index contributed by atoms with van der Waals surface area (Å²) in [4.78, 5) is 115. The van der Waals surface area contributed by atoms with Gasteiger partial charge in [0.25, 0.3) is 17.7 Å². The Morgan fingerprint density at radius 3 is 2.26 bits per heavy atom. The van der Waals surface area contributed by atoms with Crippen molar-refractivity contribution in [3.8, 4) is 34.0 Å². The first-order chi connectivity index (χ1) is 44.6. The van der Waals surface area contributed by atoms with Crippen LogP contribution >= 0.6 is 16.0 Å². The van der Waals surface area contributed by atoms with Crippen LogP contribution < -0.4 is 34.6 Å². The van der Waals surface area contributed by atoms with Crippen LogP contribution in [0.25, 0.3) is 39.2 Å². The SMILES string of the molecule is CN(CCCn1nnc2c1-c1ccccc1CN(CCCCC(=O)ON1C(=O)CCC1=O)c1ccccc1-2)C(=O)c1c(F)c(F)c(F)c(F)c1C1=c2cc3c4c(c2Oc2c1cc1c5c2CCCN5C(C)(C)C=C1COP(=O)(O)O)CCC[N+]=4C(C)(C)C=C3CO[P+]([O-])(O)O. The van der Waals surface area contributed by atoms with Gasteiger partial charge in [0, 0.05) is 129 Å². The highest BCUT2D eigenvalue weighted by Gasteiger charge is 2.46. The molecule has 28 heteroatoms. The molecule has 22 nitrogen and oxygen atoms in total. The summed E-state index contributed by atoms with van der Waals surface area (Å²) in [7, 11) is -8.88. The molecule has 4 N–H and O–H groups in total. The summed E-state index contributed by atoms with van der Waals surface area (Å²) in [5, 5.41) is 10.4. The van der Waals surface area contributed by atoms with Gasteiger partial charge in [-0.25, -0.2) is 36.2 Å². The number of unbranched alkanes of at least 4 members (excludes halogenated alkanes) is 1. The normalized spacial score (nSPS) is 17.4. The molecule has 1 fully saturated rings. The standard InChI is InChI=1S/C66H66F4N8O14P2/c1-65(2)31-37(34-89-93(83,84)85)43-29-45-51(46-30-44-38(35-90-94(86,87)88)32-66(3,4)76-27-13-19-42(60(44)76)63(46)91-62(45)41-18-12-26-75(65)59(41)43)52-53(55(68)57(70)56(69)54(52)67)64(82)73(5)24-14-28-77-61-39-16-7-6-15-36(39)33-74(47-20-9-8-17-40(47)58(61)71-72-77)25-11-10-21-50(81)92-78-48(79)22-23-49(78)80/h6-9,15-17,20,29-32H,10-14,18-19,21-28,33-35H2,1-5H3,(H3-,83,84,85,86,87,88)/p+1. The summed E-state index contributed by atoms with van der Waals surface area (Å²) in [6.45, 7) is 8.29. The number of amides is 3. The van der Waals surface area contributed by atoms with Crippen molar-refractivity contribution in [1.82, 2.24) is 29.5 Å². The summed E-state index contributed by atoms with van der Waals surface area (Å²) in [5.74, 6) is -11.2. The molecule has 7 aliphatic heterocycles. The van der Waals surface area contributed by atoms with E-state index in [4.69, 9.17) is 23.7 Å². The predicted molar refractivity (Wildman–Crippen MR) is 334 cm³/mol. The first kappa shape index (κ1) is 64.7. The third-order valence-corrected chi connectivity index (χ3v) is 19.5. The number of nitrogens with zero attached hydrogens (tertiary/aromatic N) is 8. The van der Waals surface area contributed by atoms with Gasteiger partial charge in [-0.15, -0.1) is 10.2 Å². The van der Waals surface area contributed by atoms with E-state index in [9.17, 15) is 43.4 Å². The second-order valence-corrected chi connectivity index (χ2v) is 28.1. The Morgan fingerprint density at radius 2 is 1.51 bits per heavy atom. The predicted octanol–water partition coefficient (Wildman–Crippen LogP) is 7.47. The number of rotatable bonds is 18. The van der Waals surface area contributed by atoms with Crippen LogP contribution in [0.2, 0.25) is 0 Å². The summed E-state index contributed by atoms with van der Waals surface area (Å²) < 4.78 is 102. The third kappa shape index (κ3) is 11.6. The smallest absolute Gasteiger partial charge is 0.469 e. The van der Waals surface area contributed by atoms with Crippen molar-refractivity contribution in [1.29, 1.82) is 0 Å². The van der Waals surface area contributed by atoms with E-state index >= 15 is 22.4 Å². The minimum Gasteiger partial charge on any atom is -0.606 e. The average molecular weight is 1330 g/mol. The molecule has 0 aliphatic carbocycles. The average Bonchev–Trinajstić information content (AvgIpc) is 0.807. The molecule has 3 amide bonds. The van der Waals surface area contributed by atoms with Crippen LogP contribution in [-0.2, 0) is 58.8 Å². The molecule has 0 bridgehead atoms. The quantitative estimate of drug-likeness (QED) is 0.0123. The Kier molecular flexibility index (Phi) is 16.7. The van der Waals surface area contributed by atoms with Gasteiger partial charge in [-0.3, -0.25) is 18.9 Å². The number of carbonyl (C=O) groups is 4. The van der Waals surface area contributed by atoms with Gasteiger partial charge in [-0.1, -0.05) is 53.8 Å². The van der Waals surface area contributed by atoms with Crippen LogP contribution in [0.4, 0.5) is 28.9 Å². The van der Waals surface area contributed by atoms with Crippen LogP contribution in [0.5, 0.6) is 11.5 Å². The molecule has 94 heavy (non-hydrogen) atoms. The van der Waals surface area contributed by atoms with E-state index in [-0.39, 0.29) is 66.6 Å². The van der Waals surface area contributed by atoms with Gasteiger partial charge in [0.05, 0.1) is 40.2 Å². The first-order valence-electron chi connectivity index (χ1n) is 31.0. The Morgan fingerprint density at radius 1 is 0.809 bits per heavy atom. The number of hydroxylamine groups is 2. The van der Waals surface area contributed by atoms with Crippen molar-refractivity contribution in [2.24, 2.45) is 0 Å². The number of anilines is 2. The van der Waals surface area contributed by atoms with Gasteiger partial charge >= 0.3 is 22.0 Å². The zero-order valence-electron chi connectivity index (χ0n) is 52.0. The Labute approximate surface area is 537 Å². The topological polar surface area (TPSA) is 273 Å². The number of phosphoric acid groups is 2. The molecule has 13 rings (SSSR count). The van der Waals surface area contributed by atoms with Gasteiger partial charge in [-0.2, -0.15) is 14.3 Å². The van der Waals surface area contributed by atoms with Crippen LogP contribution in [0.15, 0.2) is 72.8 Å². The highest BCUT2D eigenvalue weighted by molar-refractivity contribution is 7.51. The maximum Gasteiger partial charge on any atom is 0.469 e. The summed E-state index contributed by atoms with van der Waals surface area (Å²) in [6.07, 6.45) is 6.27. The van der Waals surface area contributed by atoms with E-state index in [1.165, 1.54) is 19.2 Å². The van der Waals surface area contributed by atoms with E-state index in [1.54, 1.807) is 16.8 Å². The molecule has 1 aromatic heterocycles. The molecule has 8 heterocycles. The van der Waals surface area contributed by atoms with E-state index in [0.29, 0.717) is 126 Å². The number of aryl methyl sites for hydroxylation is 1. The molecular weight excluding hydrogens is 1270 g/mol. The molecule has 492 valence electrons. The van der Waals surface area contributed by atoms with Gasteiger partial charge in [0.1, 0.15) is 30.3 Å². The highest BCUT2D eigenvalue weighted by Crippen LogP contribution is 2.54. The zero-order chi connectivity index (χ0) is 66.7. The number of ether oxygens (including phenoxy) is 1. The van der Waals surface area contributed by atoms with Gasteiger partial charge < -0.3 is 39.0 Å². The Balaban J connectivity index is 0.892. The molecule has 6 aromatic rings. The Hall–Kier alpha value is -8.03. The largest absolute Gasteiger partial charge is 0.606 e.